The van der Waals surface area contributed by atoms with Crippen molar-refractivity contribution in [2.24, 2.45) is 11.6 Å². The Morgan fingerprint density at radius 2 is 2.06 bits per heavy atom. The number of nitrogens with two attached hydrogens (primary N) is 2. The molecule has 0 fully saturated rings. The van der Waals surface area contributed by atoms with Crippen molar-refractivity contribution in [3.63, 3.8) is 0 Å². The lowest BCUT2D eigenvalue weighted by Gasteiger charge is -2.28. The number of hydrogen-bond donors (Lipinski definition) is 3. The van der Waals surface area contributed by atoms with Crippen molar-refractivity contribution in [1.82, 2.24) is 19.9 Å². The Balaban J connectivity index is 1.26. The van der Waals surface area contributed by atoms with E-state index in [1.54, 1.807) is 11.9 Å². The van der Waals surface area contributed by atoms with E-state index in [2.05, 4.69) is 34.6 Å². The third-order valence-electron chi connectivity index (χ3n) is 6.04. The largest absolute Gasteiger partial charge is 0.403 e. The summed E-state index contributed by atoms with van der Waals surface area (Å²) in [5, 5.41) is 4.93. The fraction of sp³-hybridized carbons (Fsp3) is 0.435. The molecule has 1 aliphatic carbocycles. The molecule has 0 atom stereocenters. The maximum atomic E-state index is 12.5. The second-order valence-electron chi connectivity index (χ2n) is 8.32. The number of benzene rings is 1. The molecule has 1 amide bonds. The van der Waals surface area contributed by atoms with Crippen LogP contribution in [0.15, 0.2) is 42.4 Å². The Hall–Kier alpha value is -3.17. The number of aromatic nitrogens is 2. The van der Waals surface area contributed by atoms with Gasteiger partial charge in [0.2, 0.25) is 11.9 Å². The van der Waals surface area contributed by atoms with Gasteiger partial charge in [-0.25, -0.2) is 15.8 Å². The van der Waals surface area contributed by atoms with Gasteiger partial charge in [0.25, 0.3) is 0 Å². The van der Waals surface area contributed by atoms with Crippen LogP contribution in [0.3, 0.4) is 0 Å². The molecule has 170 valence electrons. The van der Waals surface area contributed by atoms with E-state index in [1.807, 2.05) is 6.20 Å². The van der Waals surface area contributed by atoms with Crippen molar-refractivity contribution < 1.29 is 9.53 Å². The number of hydrogen-bond acceptors (Lipinski definition) is 8. The smallest absolute Gasteiger partial charge is 0.248 e. The van der Waals surface area contributed by atoms with E-state index < -0.39 is 0 Å². The molecule has 5 N–H and O–H groups in total. The van der Waals surface area contributed by atoms with Crippen LogP contribution >= 0.6 is 0 Å². The Morgan fingerprint density at radius 1 is 1.31 bits per heavy atom. The Morgan fingerprint density at radius 3 is 2.75 bits per heavy atom. The molecule has 2 aromatic rings. The van der Waals surface area contributed by atoms with Gasteiger partial charge in [-0.15, -0.1) is 0 Å². The van der Waals surface area contributed by atoms with Crippen LogP contribution in [0.5, 0.6) is 0 Å². The number of hydrazine groups is 1. The first-order valence-corrected chi connectivity index (χ1v) is 11.0. The van der Waals surface area contributed by atoms with Crippen molar-refractivity contribution in [1.29, 1.82) is 0 Å². The summed E-state index contributed by atoms with van der Waals surface area (Å²) in [7, 11) is 1.71. The lowest BCUT2D eigenvalue weighted by molar-refractivity contribution is -0.137. The average Bonchev–Trinajstić information content (AvgIpc) is 3.20. The topological polar surface area (TPSA) is 123 Å². The number of carbonyl (C=O) groups is 1. The average molecular weight is 438 g/mol. The van der Waals surface area contributed by atoms with Gasteiger partial charge in [0.05, 0.1) is 12.3 Å². The highest BCUT2D eigenvalue weighted by Gasteiger charge is 2.24. The maximum Gasteiger partial charge on any atom is 0.248 e. The summed E-state index contributed by atoms with van der Waals surface area (Å²) in [4.78, 5) is 23.6. The first-order valence-electron chi connectivity index (χ1n) is 11.0. The van der Waals surface area contributed by atoms with Crippen LogP contribution in [0.25, 0.3) is 0 Å². The molecule has 0 bridgehead atoms. The fourth-order valence-electron chi connectivity index (χ4n) is 4.25. The zero-order chi connectivity index (χ0) is 22.5. The van der Waals surface area contributed by atoms with Gasteiger partial charge in [-0.1, -0.05) is 24.3 Å². The molecule has 9 heteroatoms. The summed E-state index contributed by atoms with van der Waals surface area (Å²) in [6, 6.07) is 8.86. The molecular formula is C23H31N7O2. The predicted molar refractivity (Wildman–Crippen MR) is 122 cm³/mol. The second-order valence-corrected chi connectivity index (χ2v) is 8.32. The zero-order valence-electron chi connectivity index (χ0n) is 18.5. The van der Waals surface area contributed by atoms with Gasteiger partial charge < -0.3 is 25.7 Å². The van der Waals surface area contributed by atoms with Gasteiger partial charge in [-0.05, 0) is 24.0 Å². The van der Waals surface area contributed by atoms with Crippen LogP contribution in [-0.2, 0) is 35.3 Å². The highest BCUT2D eigenvalue weighted by Crippen LogP contribution is 2.24. The third kappa shape index (κ3) is 5.17. The highest BCUT2D eigenvalue weighted by atomic mass is 16.5. The Labute approximate surface area is 188 Å². The van der Waals surface area contributed by atoms with Crippen LogP contribution in [0, 0.1) is 0 Å². The number of fused-ring (bicyclic) bond motifs is 2. The Bertz CT molecular complexity index is 967. The molecule has 0 saturated heterocycles. The quantitative estimate of drug-likeness (QED) is 0.317. The van der Waals surface area contributed by atoms with Crippen LogP contribution in [-0.4, -0.2) is 58.6 Å². The zero-order valence-corrected chi connectivity index (χ0v) is 18.5. The molecule has 9 nitrogen and oxygen atoms in total. The second kappa shape index (κ2) is 9.97. The standard InChI is InChI=1S/C23H31N7O2/c1-29(25)20(12-24)7-9-32-15-22(31)30-8-6-21-18(14-30)13-26-23(28-21)27-19-10-16-4-2-3-5-17(16)11-19/h2-5,12-13,19H,6-11,14-15,24-25H2,1H3,(H,26,27,28)/b20-12-. The lowest BCUT2D eigenvalue weighted by atomic mass is 10.1. The summed E-state index contributed by atoms with van der Waals surface area (Å²) < 4.78 is 5.53. The SMILES string of the molecule is CN(N)/C(=C\N)CCOCC(=O)N1CCc2nc(NC3Cc4ccccc4C3)ncc2C1. The van der Waals surface area contributed by atoms with Crippen molar-refractivity contribution in [2.45, 2.75) is 38.3 Å². The Kier molecular flexibility index (Phi) is 6.87. The molecule has 0 spiro atoms. The molecule has 0 radical (unpaired) electrons. The first-order chi connectivity index (χ1) is 15.5. The monoisotopic (exact) mass is 437 g/mol. The molecule has 1 aliphatic heterocycles. The number of nitrogens with zero attached hydrogens (tertiary/aromatic N) is 4. The molecule has 1 aromatic heterocycles. The van der Waals surface area contributed by atoms with Gasteiger partial charge in [0.1, 0.15) is 6.61 Å². The highest BCUT2D eigenvalue weighted by molar-refractivity contribution is 5.77. The van der Waals surface area contributed by atoms with Crippen LogP contribution in [0.2, 0.25) is 0 Å². The minimum absolute atomic E-state index is 0.0320. The number of anilines is 1. The number of rotatable bonds is 8. The number of nitrogens with one attached hydrogen (secondary N) is 1. The van der Waals surface area contributed by atoms with Crippen molar-refractivity contribution in [3.8, 4) is 0 Å². The lowest BCUT2D eigenvalue weighted by Crippen LogP contribution is -2.39. The van der Waals surface area contributed by atoms with E-state index in [4.69, 9.17) is 21.3 Å². The molecule has 32 heavy (non-hydrogen) atoms. The van der Waals surface area contributed by atoms with Crippen molar-refractivity contribution in [2.75, 3.05) is 32.1 Å². The molecule has 2 heterocycles. The first kappa shape index (κ1) is 22.0. The van der Waals surface area contributed by atoms with E-state index >= 15 is 0 Å². The summed E-state index contributed by atoms with van der Waals surface area (Å²) in [5.41, 5.74) is 11.1. The van der Waals surface area contributed by atoms with Crippen LogP contribution in [0.1, 0.15) is 28.8 Å². The molecule has 0 unspecified atom stereocenters. The minimum Gasteiger partial charge on any atom is -0.403 e. The number of carbonyl (C=O) groups excluding carboxylic acids is 1. The van der Waals surface area contributed by atoms with Gasteiger partial charge in [-0.2, -0.15) is 0 Å². The van der Waals surface area contributed by atoms with Crippen LogP contribution in [0.4, 0.5) is 5.95 Å². The van der Waals surface area contributed by atoms with E-state index in [1.165, 1.54) is 22.3 Å². The molecule has 1 aromatic carbocycles. The van der Waals surface area contributed by atoms with E-state index in [9.17, 15) is 4.79 Å². The fourth-order valence-corrected chi connectivity index (χ4v) is 4.25. The normalized spacial score (nSPS) is 15.9. The summed E-state index contributed by atoms with van der Waals surface area (Å²) in [6.07, 6.45) is 6.52. The van der Waals surface area contributed by atoms with E-state index in [0.29, 0.717) is 44.5 Å². The summed E-state index contributed by atoms with van der Waals surface area (Å²) >= 11 is 0. The summed E-state index contributed by atoms with van der Waals surface area (Å²) in [6.45, 7) is 1.54. The van der Waals surface area contributed by atoms with E-state index in [0.717, 1.165) is 29.8 Å². The van der Waals surface area contributed by atoms with Gasteiger partial charge >= 0.3 is 0 Å². The van der Waals surface area contributed by atoms with Crippen LogP contribution < -0.4 is 16.9 Å². The van der Waals surface area contributed by atoms with Crippen molar-refractivity contribution in [3.05, 3.63) is 64.7 Å². The molecule has 2 aliphatic rings. The molecule has 0 saturated carbocycles. The molecule has 4 rings (SSSR count). The number of ether oxygens (including phenoxy) is 1. The van der Waals surface area contributed by atoms with E-state index in [-0.39, 0.29) is 12.5 Å². The third-order valence-corrected chi connectivity index (χ3v) is 6.04. The van der Waals surface area contributed by atoms with Crippen molar-refractivity contribution >= 4 is 11.9 Å². The maximum absolute atomic E-state index is 12.5. The summed E-state index contributed by atoms with van der Waals surface area (Å²) in [5.74, 6) is 6.29. The van der Waals surface area contributed by atoms with Gasteiger partial charge in [-0.3, -0.25) is 4.79 Å². The van der Waals surface area contributed by atoms with Gasteiger partial charge in [0, 0.05) is 62.7 Å². The minimum atomic E-state index is -0.0408. The van der Waals surface area contributed by atoms with Gasteiger partial charge in [0.15, 0.2) is 0 Å². The number of amides is 1. The predicted octanol–water partition coefficient (Wildman–Crippen LogP) is 0.953. The molecular weight excluding hydrogens is 406 g/mol.